The lowest BCUT2D eigenvalue weighted by molar-refractivity contribution is -0.138. The number of hydrogen-bond acceptors (Lipinski definition) is 3. The standard InChI is InChI=1S/C9H11NO4/c1-5(9(12)13)10-8(11)7-3-4-14-6(7)2/h3-5H,1-2H3,(H,10,11)(H,12,13). The summed E-state index contributed by atoms with van der Waals surface area (Å²) >= 11 is 0. The Hall–Kier alpha value is -1.78. The summed E-state index contributed by atoms with van der Waals surface area (Å²) in [6.45, 7) is 3.04. The molecule has 0 saturated carbocycles. The Balaban J connectivity index is 2.69. The summed E-state index contributed by atoms with van der Waals surface area (Å²) in [5, 5.41) is 10.9. The molecule has 0 bridgehead atoms. The fourth-order valence-corrected chi connectivity index (χ4v) is 0.957. The van der Waals surface area contributed by atoms with Crippen molar-refractivity contribution >= 4 is 11.9 Å². The number of rotatable bonds is 3. The van der Waals surface area contributed by atoms with Crippen molar-refractivity contribution in [2.24, 2.45) is 0 Å². The van der Waals surface area contributed by atoms with Crippen molar-refractivity contribution in [3.05, 3.63) is 23.7 Å². The van der Waals surface area contributed by atoms with Crippen LogP contribution in [-0.2, 0) is 4.79 Å². The van der Waals surface area contributed by atoms with Gasteiger partial charge in [-0.3, -0.25) is 9.59 Å². The van der Waals surface area contributed by atoms with Gasteiger partial charge in [0.15, 0.2) is 0 Å². The van der Waals surface area contributed by atoms with Gasteiger partial charge in [0.05, 0.1) is 11.8 Å². The van der Waals surface area contributed by atoms with E-state index in [1.54, 1.807) is 6.92 Å². The van der Waals surface area contributed by atoms with Crippen LogP contribution in [0.5, 0.6) is 0 Å². The average molecular weight is 197 g/mol. The predicted molar refractivity (Wildman–Crippen MR) is 48.0 cm³/mol. The summed E-state index contributed by atoms with van der Waals surface area (Å²) in [4.78, 5) is 21.9. The number of amides is 1. The number of hydrogen-bond donors (Lipinski definition) is 2. The highest BCUT2D eigenvalue weighted by Crippen LogP contribution is 2.08. The smallest absolute Gasteiger partial charge is 0.325 e. The molecule has 0 aliphatic carbocycles. The maximum Gasteiger partial charge on any atom is 0.325 e. The summed E-state index contributed by atoms with van der Waals surface area (Å²) in [5.41, 5.74) is 0.359. The molecule has 76 valence electrons. The molecule has 0 aromatic carbocycles. The SMILES string of the molecule is Cc1occc1C(=O)NC(C)C(=O)O. The lowest BCUT2D eigenvalue weighted by atomic mass is 10.2. The minimum atomic E-state index is -1.07. The third-order valence-electron chi connectivity index (χ3n) is 1.82. The Bertz CT molecular complexity index is 355. The van der Waals surface area contributed by atoms with E-state index in [0.717, 1.165) is 0 Å². The summed E-state index contributed by atoms with van der Waals surface area (Å²) in [6, 6.07) is 0.594. The maximum absolute atomic E-state index is 11.4. The van der Waals surface area contributed by atoms with E-state index in [0.29, 0.717) is 11.3 Å². The quantitative estimate of drug-likeness (QED) is 0.750. The molecule has 0 aliphatic heterocycles. The van der Waals surface area contributed by atoms with Crippen molar-refractivity contribution in [1.82, 2.24) is 5.32 Å². The van der Waals surface area contributed by atoms with Crippen LogP contribution < -0.4 is 5.32 Å². The molecule has 14 heavy (non-hydrogen) atoms. The minimum Gasteiger partial charge on any atom is -0.480 e. The first-order chi connectivity index (χ1) is 6.52. The number of carboxylic acids is 1. The van der Waals surface area contributed by atoms with Gasteiger partial charge in [-0.05, 0) is 19.9 Å². The van der Waals surface area contributed by atoms with E-state index in [-0.39, 0.29) is 0 Å². The van der Waals surface area contributed by atoms with Gasteiger partial charge in [-0.1, -0.05) is 0 Å². The zero-order chi connectivity index (χ0) is 10.7. The number of carbonyl (C=O) groups excluding carboxylic acids is 1. The number of nitrogens with one attached hydrogen (secondary N) is 1. The number of aryl methyl sites for hydroxylation is 1. The third-order valence-corrected chi connectivity index (χ3v) is 1.82. The van der Waals surface area contributed by atoms with Crippen LogP contribution in [0.25, 0.3) is 0 Å². The van der Waals surface area contributed by atoms with E-state index in [1.807, 2.05) is 0 Å². The molecule has 0 fully saturated rings. The van der Waals surface area contributed by atoms with Gasteiger partial charge in [-0.2, -0.15) is 0 Å². The minimum absolute atomic E-state index is 0.359. The van der Waals surface area contributed by atoms with Crippen molar-refractivity contribution in [3.63, 3.8) is 0 Å². The second kappa shape index (κ2) is 3.95. The Labute approximate surface area is 80.7 Å². The highest BCUT2D eigenvalue weighted by atomic mass is 16.4. The second-order valence-corrected chi connectivity index (χ2v) is 2.92. The Kier molecular flexibility index (Phi) is 2.91. The van der Waals surface area contributed by atoms with E-state index < -0.39 is 17.9 Å². The molecule has 1 aromatic rings. The summed E-state index contributed by atoms with van der Waals surface area (Å²) < 4.78 is 4.92. The first-order valence-corrected chi connectivity index (χ1v) is 4.10. The highest BCUT2D eigenvalue weighted by Gasteiger charge is 2.17. The van der Waals surface area contributed by atoms with Gasteiger partial charge in [0, 0.05) is 0 Å². The van der Waals surface area contributed by atoms with Crippen molar-refractivity contribution in [3.8, 4) is 0 Å². The molecule has 0 aliphatic rings. The number of furan rings is 1. The monoisotopic (exact) mass is 197 g/mol. The van der Waals surface area contributed by atoms with Crippen LogP contribution in [0.15, 0.2) is 16.7 Å². The van der Waals surface area contributed by atoms with Crippen LogP contribution >= 0.6 is 0 Å². The fourth-order valence-electron chi connectivity index (χ4n) is 0.957. The maximum atomic E-state index is 11.4. The average Bonchev–Trinajstić information content (AvgIpc) is 2.51. The van der Waals surface area contributed by atoms with Crippen LogP contribution in [0.2, 0.25) is 0 Å². The van der Waals surface area contributed by atoms with Crippen molar-refractivity contribution in [2.45, 2.75) is 19.9 Å². The van der Waals surface area contributed by atoms with Gasteiger partial charge in [0.25, 0.3) is 5.91 Å². The molecule has 1 rings (SSSR count). The summed E-state index contributed by atoms with van der Waals surface area (Å²) in [6.07, 6.45) is 1.38. The molecule has 2 N–H and O–H groups in total. The summed E-state index contributed by atoms with van der Waals surface area (Å²) in [5.74, 6) is -1.04. The van der Waals surface area contributed by atoms with Gasteiger partial charge in [0.2, 0.25) is 0 Å². The van der Waals surface area contributed by atoms with E-state index in [4.69, 9.17) is 9.52 Å². The molecular weight excluding hydrogens is 186 g/mol. The third kappa shape index (κ3) is 2.12. The molecule has 5 nitrogen and oxygen atoms in total. The molecule has 1 amide bonds. The topological polar surface area (TPSA) is 79.5 Å². The molecule has 0 saturated heterocycles. The summed E-state index contributed by atoms with van der Waals surface area (Å²) in [7, 11) is 0. The van der Waals surface area contributed by atoms with Gasteiger partial charge in [0.1, 0.15) is 11.8 Å². The molecule has 1 unspecified atom stereocenters. The number of carboxylic acid groups (broad SMARTS) is 1. The highest BCUT2D eigenvalue weighted by molar-refractivity contribution is 5.97. The molecule has 1 heterocycles. The van der Waals surface area contributed by atoms with Crippen LogP contribution in [0.4, 0.5) is 0 Å². The molecule has 0 spiro atoms. The number of aliphatic carboxylic acids is 1. The molecular formula is C9H11NO4. The van der Waals surface area contributed by atoms with E-state index in [2.05, 4.69) is 5.32 Å². The lowest BCUT2D eigenvalue weighted by Crippen LogP contribution is -2.38. The zero-order valence-corrected chi connectivity index (χ0v) is 7.90. The van der Waals surface area contributed by atoms with Gasteiger partial charge < -0.3 is 14.8 Å². The van der Waals surface area contributed by atoms with Gasteiger partial charge in [-0.25, -0.2) is 0 Å². The fraction of sp³-hybridized carbons (Fsp3) is 0.333. The Morgan fingerprint density at radius 3 is 2.64 bits per heavy atom. The van der Waals surface area contributed by atoms with Crippen LogP contribution in [0.1, 0.15) is 23.0 Å². The molecule has 1 aromatic heterocycles. The van der Waals surface area contributed by atoms with Crippen molar-refractivity contribution in [2.75, 3.05) is 0 Å². The largest absolute Gasteiger partial charge is 0.480 e. The normalized spacial score (nSPS) is 12.1. The van der Waals surface area contributed by atoms with E-state index >= 15 is 0 Å². The second-order valence-electron chi connectivity index (χ2n) is 2.92. The van der Waals surface area contributed by atoms with E-state index in [9.17, 15) is 9.59 Å². The Morgan fingerprint density at radius 1 is 1.57 bits per heavy atom. The molecule has 0 radical (unpaired) electrons. The predicted octanol–water partition coefficient (Wildman–Crippen LogP) is 0.791. The first-order valence-electron chi connectivity index (χ1n) is 4.10. The zero-order valence-electron chi connectivity index (χ0n) is 7.90. The van der Waals surface area contributed by atoms with E-state index in [1.165, 1.54) is 19.3 Å². The van der Waals surface area contributed by atoms with Gasteiger partial charge in [-0.15, -0.1) is 0 Å². The van der Waals surface area contributed by atoms with Crippen LogP contribution in [-0.4, -0.2) is 23.0 Å². The van der Waals surface area contributed by atoms with Crippen molar-refractivity contribution < 1.29 is 19.1 Å². The first kappa shape index (κ1) is 10.3. The Morgan fingerprint density at radius 2 is 2.21 bits per heavy atom. The van der Waals surface area contributed by atoms with Crippen molar-refractivity contribution in [1.29, 1.82) is 0 Å². The van der Waals surface area contributed by atoms with Crippen LogP contribution in [0.3, 0.4) is 0 Å². The molecule has 5 heteroatoms. The lowest BCUT2D eigenvalue weighted by Gasteiger charge is -2.07. The van der Waals surface area contributed by atoms with Crippen LogP contribution in [0, 0.1) is 6.92 Å². The van der Waals surface area contributed by atoms with Gasteiger partial charge >= 0.3 is 5.97 Å². The number of carbonyl (C=O) groups is 2. The molecule has 1 atom stereocenters.